The SMILES string of the molecule is COc1ccc2ncc(OCc3ccccc3)c(C(O)C(O)CC3CCC(NC(=O)OC(C)(C)C)CC3)c2n1. The molecule has 210 valence electrons. The Morgan fingerprint density at radius 2 is 1.79 bits per heavy atom. The zero-order valence-electron chi connectivity index (χ0n) is 23.1. The van der Waals surface area contributed by atoms with Crippen LogP contribution in [0.2, 0.25) is 0 Å². The van der Waals surface area contributed by atoms with E-state index in [9.17, 15) is 15.0 Å². The predicted octanol–water partition coefficient (Wildman–Crippen LogP) is 5.09. The first kappa shape index (κ1) is 28.6. The molecule has 2 unspecified atom stereocenters. The molecule has 0 radical (unpaired) electrons. The Bertz CT molecular complexity index is 1240. The van der Waals surface area contributed by atoms with E-state index in [0.717, 1.165) is 31.2 Å². The fourth-order valence-electron chi connectivity index (χ4n) is 4.98. The number of carbonyl (C=O) groups excluding carboxylic acids is 1. The number of fused-ring (bicyclic) bond motifs is 1. The van der Waals surface area contributed by atoms with Gasteiger partial charge in [-0.05, 0) is 70.4 Å². The van der Waals surface area contributed by atoms with Crippen LogP contribution in [-0.4, -0.2) is 51.1 Å². The molecule has 1 amide bonds. The van der Waals surface area contributed by atoms with Crippen LogP contribution in [0.4, 0.5) is 4.79 Å². The van der Waals surface area contributed by atoms with Gasteiger partial charge in [-0.2, -0.15) is 0 Å². The summed E-state index contributed by atoms with van der Waals surface area (Å²) in [6.07, 6.45) is 2.52. The van der Waals surface area contributed by atoms with E-state index >= 15 is 0 Å². The minimum atomic E-state index is -1.24. The number of nitrogens with zero attached hydrogens (tertiary/aromatic N) is 2. The number of benzene rings is 1. The number of aromatic nitrogens is 2. The molecular formula is C30H39N3O6. The Morgan fingerprint density at radius 3 is 2.46 bits per heavy atom. The number of pyridine rings is 2. The lowest BCUT2D eigenvalue weighted by Crippen LogP contribution is -2.41. The first-order valence-corrected chi connectivity index (χ1v) is 13.5. The summed E-state index contributed by atoms with van der Waals surface area (Å²) in [5.41, 5.74) is 1.81. The number of carbonyl (C=O) groups is 1. The van der Waals surface area contributed by atoms with Crippen LogP contribution in [0.1, 0.15) is 70.1 Å². The lowest BCUT2D eigenvalue weighted by Gasteiger charge is -2.32. The number of hydrogen-bond acceptors (Lipinski definition) is 8. The van der Waals surface area contributed by atoms with Crippen LogP contribution in [0.3, 0.4) is 0 Å². The van der Waals surface area contributed by atoms with Crippen molar-refractivity contribution in [3.63, 3.8) is 0 Å². The Balaban J connectivity index is 1.46. The average molecular weight is 538 g/mol. The van der Waals surface area contributed by atoms with E-state index in [-0.39, 0.29) is 18.6 Å². The van der Waals surface area contributed by atoms with Gasteiger partial charge in [0.25, 0.3) is 0 Å². The molecule has 4 rings (SSSR count). The van der Waals surface area contributed by atoms with Crippen molar-refractivity contribution in [3.8, 4) is 11.6 Å². The van der Waals surface area contributed by atoms with Gasteiger partial charge in [0, 0.05) is 12.1 Å². The Hall–Kier alpha value is -3.43. The molecular weight excluding hydrogens is 498 g/mol. The van der Waals surface area contributed by atoms with E-state index in [2.05, 4.69) is 15.3 Å². The molecule has 1 aromatic carbocycles. The number of aliphatic hydroxyl groups excluding tert-OH is 2. The van der Waals surface area contributed by atoms with E-state index in [1.165, 1.54) is 7.11 Å². The standard InChI is InChI=1S/C30H39N3O6/c1-30(2,3)39-29(36)32-21-12-10-19(11-13-21)16-23(34)28(35)26-24(38-18-20-8-6-5-7-9-20)17-31-22-14-15-25(37-4)33-27(22)26/h5-9,14-15,17,19,21,23,28,34-35H,10-13,16,18H2,1-4H3,(H,32,36). The summed E-state index contributed by atoms with van der Waals surface area (Å²) in [4.78, 5) is 21.1. The second kappa shape index (κ2) is 12.6. The highest BCUT2D eigenvalue weighted by molar-refractivity contribution is 5.81. The van der Waals surface area contributed by atoms with Crippen molar-refractivity contribution >= 4 is 17.1 Å². The fraction of sp³-hybridized carbons (Fsp3) is 0.500. The molecule has 1 saturated carbocycles. The second-order valence-corrected chi connectivity index (χ2v) is 11.1. The molecule has 39 heavy (non-hydrogen) atoms. The Labute approximate surface area is 229 Å². The molecule has 0 aliphatic heterocycles. The molecule has 0 bridgehead atoms. The smallest absolute Gasteiger partial charge is 0.407 e. The molecule has 1 aliphatic rings. The molecule has 2 aromatic heterocycles. The number of amides is 1. The van der Waals surface area contributed by atoms with Crippen LogP contribution in [0.25, 0.3) is 11.0 Å². The second-order valence-electron chi connectivity index (χ2n) is 11.1. The first-order chi connectivity index (χ1) is 18.6. The molecule has 2 atom stereocenters. The zero-order chi connectivity index (χ0) is 28.0. The first-order valence-electron chi connectivity index (χ1n) is 13.5. The van der Waals surface area contributed by atoms with Crippen molar-refractivity contribution in [2.24, 2.45) is 5.92 Å². The van der Waals surface area contributed by atoms with E-state index < -0.39 is 23.9 Å². The van der Waals surface area contributed by atoms with Gasteiger partial charge in [-0.3, -0.25) is 4.98 Å². The lowest BCUT2D eigenvalue weighted by molar-refractivity contribution is -0.00159. The van der Waals surface area contributed by atoms with E-state index in [1.54, 1.807) is 18.3 Å². The minimum Gasteiger partial charge on any atom is -0.487 e. The summed E-state index contributed by atoms with van der Waals surface area (Å²) in [7, 11) is 1.52. The Morgan fingerprint density at radius 1 is 1.08 bits per heavy atom. The average Bonchev–Trinajstić information content (AvgIpc) is 2.91. The third kappa shape index (κ3) is 7.80. The van der Waals surface area contributed by atoms with Crippen molar-refractivity contribution in [1.29, 1.82) is 0 Å². The predicted molar refractivity (Wildman–Crippen MR) is 148 cm³/mol. The van der Waals surface area contributed by atoms with Crippen molar-refractivity contribution < 1.29 is 29.2 Å². The summed E-state index contributed by atoms with van der Waals surface area (Å²) >= 11 is 0. The van der Waals surface area contributed by atoms with E-state index in [0.29, 0.717) is 34.6 Å². The summed E-state index contributed by atoms with van der Waals surface area (Å²) in [6, 6.07) is 13.2. The van der Waals surface area contributed by atoms with Crippen molar-refractivity contribution in [2.75, 3.05) is 7.11 Å². The summed E-state index contributed by atoms with van der Waals surface area (Å²) in [5.74, 6) is 0.947. The molecule has 0 saturated heterocycles. The molecule has 3 N–H and O–H groups in total. The minimum absolute atomic E-state index is 0.0389. The van der Waals surface area contributed by atoms with Crippen molar-refractivity contribution in [3.05, 3.63) is 59.8 Å². The monoisotopic (exact) mass is 537 g/mol. The molecule has 1 aliphatic carbocycles. The van der Waals surface area contributed by atoms with Crippen LogP contribution in [0, 0.1) is 5.92 Å². The number of aliphatic hydroxyl groups is 2. The third-order valence-electron chi connectivity index (χ3n) is 6.94. The largest absolute Gasteiger partial charge is 0.487 e. The maximum atomic E-state index is 12.1. The van der Waals surface area contributed by atoms with Gasteiger partial charge in [-0.25, -0.2) is 9.78 Å². The number of hydrogen-bond donors (Lipinski definition) is 3. The molecule has 2 heterocycles. The van der Waals surface area contributed by atoms with Gasteiger partial charge >= 0.3 is 6.09 Å². The number of alkyl carbamates (subject to hydrolysis) is 1. The van der Waals surface area contributed by atoms with Gasteiger partial charge in [-0.15, -0.1) is 0 Å². The van der Waals surface area contributed by atoms with Crippen molar-refractivity contribution in [1.82, 2.24) is 15.3 Å². The molecule has 9 heteroatoms. The van der Waals surface area contributed by atoms with Gasteiger partial charge in [0.2, 0.25) is 5.88 Å². The molecule has 3 aromatic rings. The normalized spacial score (nSPS) is 19.2. The number of methoxy groups -OCH3 is 1. The topological polar surface area (TPSA) is 123 Å². The summed E-state index contributed by atoms with van der Waals surface area (Å²) in [6.45, 7) is 5.80. The molecule has 1 fully saturated rings. The van der Waals surface area contributed by atoms with Gasteiger partial charge < -0.3 is 29.7 Å². The lowest BCUT2D eigenvalue weighted by atomic mass is 9.81. The Kier molecular flexibility index (Phi) is 9.24. The van der Waals surface area contributed by atoms with Gasteiger partial charge in [0.05, 0.1) is 30.5 Å². The van der Waals surface area contributed by atoms with Crippen LogP contribution in [-0.2, 0) is 11.3 Å². The van der Waals surface area contributed by atoms with E-state index in [4.69, 9.17) is 14.2 Å². The van der Waals surface area contributed by atoms with E-state index in [1.807, 2.05) is 51.1 Å². The highest BCUT2D eigenvalue weighted by Crippen LogP contribution is 2.37. The summed E-state index contributed by atoms with van der Waals surface area (Å²) < 4.78 is 16.8. The van der Waals surface area contributed by atoms with Crippen LogP contribution < -0.4 is 14.8 Å². The molecule has 9 nitrogen and oxygen atoms in total. The number of rotatable bonds is 9. The maximum Gasteiger partial charge on any atom is 0.407 e. The van der Waals surface area contributed by atoms with Gasteiger partial charge in [0.15, 0.2) is 0 Å². The highest BCUT2D eigenvalue weighted by atomic mass is 16.6. The number of ether oxygens (including phenoxy) is 3. The van der Waals surface area contributed by atoms with Crippen LogP contribution in [0.5, 0.6) is 11.6 Å². The number of nitrogens with one attached hydrogen (secondary N) is 1. The zero-order valence-corrected chi connectivity index (χ0v) is 23.1. The van der Waals surface area contributed by atoms with Crippen LogP contribution in [0.15, 0.2) is 48.7 Å². The third-order valence-corrected chi connectivity index (χ3v) is 6.94. The highest BCUT2D eigenvalue weighted by Gasteiger charge is 2.31. The fourth-order valence-corrected chi connectivity index (χ4v) is 4.98. The van der Waals surface area contributed by atoms with Crippen LogP contribution >= 0.6 is 0 Å². The summed E-state index contributed by atoms with van der Waals surface area (Å²) in [5, 5.41) is 25.6. The quantitative estimate of drug-likeness (QED) is 0.345. The van der Waals surface area contributed by atoms with Gasteiger partial charge in [0.1, 0.15) is 29.6 Å². The maximum absolute atomic E-state index is 12.1. The van der Waals surface area contributed by atoms with Gasteiger partial charge in [-0.1, -0.05) is 30.3 Å². The van der Waals surface area contributed by atoms with Crippen molar-refractivity contribution in [2.45, 2.75) is 83.3 Å². The molecule has 0 spiro atoms.